The lowest BCUT2D eigenvalue weighted by Gasteiger charge is -2.22. The van der Waals surface area contributed by atoms with Crippen molar-refractivity contribution in [2.75, 3.05) is 0 Å². The molecule has 0 unspecified atom stereocenters. The molecule has 1 aliphatic rings. The highest BCUT2D eigenvalue weighted by Crippen LogP contribution is 2.34. The van der Waals surface area contributed by atoms with Crippen LogP contribution >= 0.6 is 0 Å². The van der Waals surface area contributed by atoms with Gasteiger partial charge in [0.25, 0.3) is 0 Å². The molecule has 1 aliphatic carbocycles. The maximum absolute atomic E-state index is 11.2. The van der Waals surface area contributed by atoms with Gasteiger partial charge in [-0.15, -0.1) is 5.10 Å². The largest absolute Gasteiger partial charge is 0.476 e. The molecule has 0 spiro atoms. The predicted octanol–water partition coefficient (Wildman–Crippen LogP) is 2.60. The molecule has 1 heterocycles. The van der Waals surface area contributed by atoms with E-state index in [1.165, 1.54) is 6.42 Å². The van der Waals surface area contributed by atoms with E-state index < -0.39 is 5.97 Å². The maximum atomic E-state index is 11.2. The third-order valence-electron chi connectivity index (χ3n) is 3.39. The van der Waals surface area contributed by atoms with Crippen LogP contribution in [0.15, 0.2) is 12.2 Å². The summed E-state index contributed by atoms with van der Waals surface area (Å²) in [6.45, 7) is 6.31. The van der Waals surface area contributed by atoms with Gasteiger partial charge in [0.05, 0.1) is 12.2 Å². The molecule has 0 amide bonds. The number of allylic oxidation sites excluding steroid dienone is 1. The van der Waals surface area contributed by atoms with E-state index in [2.05, 4.69) is 16.9 Å². The molecule has 1 aromatic heterocycles. The fourth-order valence-electron chi connectivity index (χ4n) is 2.63. The van der Waals surface area contributed by atoms with Crippen LogP contribution in [0.1, 0.15) is 61.1 Å². The Bertz CT molecular complexity index is 459. The number of aromatic carboxylic acids is 1. The lowest BCUT2D eigenvalue weighted by Crippen LogP contribution is -2.16. The summed E-state index contributed by atoms with van der Waals surface area (Å²) in [7, 11) is 0. The first-order valence-electron chi connectivity index (χ1n) is 6.40. The van der Waals surface area contributed by atoms with Crippen LogP contribution in [-0.4, -0.2) is 26.1 Å². The van der Waals surface area contributed by atoms with E-state index in [4.69, 9.17) is 0 Å². The fourth-order valence-corrected chi connectivity index (χ4v) is 2.63. The molecule has 1 aromatic rings. The smallest absolute Gasteiger partial charge is 0.358 e. The van der Waals surface area contributed by atoms with Crippen LogP contribution in [0, 0.1) is 0 Å². The van der Waals surface area contributed by atoms with Crippen molar-refractivity contribution in [3.05, 3.63) is 23.5 Å². The van der Waals surface area contributed by atoms with Crippen molar-refractivity contribution in [3.63, 3.8) is 0 Å². The summed E-state index contributed by atoms with van der Waals surface area (Å²) in [4.78, 5) is 11.2. The number of carboxylic acids is 1. The molecule has 5 heteroatoms. The van der Waals surface area contributed by atoms with Gasteiger partial charge in [0.2, 0.25) is 0 Å². The minimum absolute atomic E-state index is 0.114. The van der Waals surface area contributed by atoms with E-state index in [1.54, 1.807) is 4.68 Å². The van der Waals surface area contributed by atoms with Gasteiger partial charge in [-0.2, -0.15) is 0 Å². The molecule has 0 saturated heterocycles. The van der Waals surface area contributed by atoms with Crippen LogP contribution in [0.3, 0.4) is 0 Å². The Hall–Kier alpha value is -1.65. The number of nitrogens with zero attached hydrogens (tertiary/aromatic N) is 3. The number of hydrogen-bond acceptors (Lipinski definition) is 3. The Balaban J connectivity index is 2.35. The van der Waals surface area contributed by atoms with Gasteiger partial charge in [0, 0.05) is 5.92 Å². The Morgan fingerprint density at radius 2 is 2.11 bits per heavy atom. The second-order valence-corrected chi connectivity index (χ2v) is 5.08. The SMILES string of the molecule is C=C(C)Cn1nnc(C(=O)O)c1C1CCCCC1. The van der Waals surface area contributed by atoms with Crippen LogP contribution in [0.5, 0.6) is 0 Å². The highest BCUT2D eigenvalue weighted by molar-refractivity contribution is 5.86. The molecule has 5 nitrogen and oxygen atoms in total. The minimum Gasteiger partial charge on any atom is -0.476 e. The molecule has 1 fully saturated rings. The zero-order valence-corrected chi connectivity index (χ0v) is 10.7. The Morgan fingerprint density at radius 1 is 1.44 bits per heavy atom. The van der Waals surface area contributed by atoms with Crippen molar-refractivity contribution < 1.29 is 9.90 Å². The molecule has 0 aliphatic heterocycles. The van der Waals surface area contributed by atoms with E-state index in [0.29, 0.717) is 6.54 Å². The summed E-state index contributed by atoms with van der Waals surface area (Å²) in [6, 6.07) is 0. The first-order valence-corrected chi connectivity index (χ1v) is 6.40. The number of hydrogen-bond donors (Lipinski definition) is 1. The predicted molar refractivity (Wildman–Crippen MR) is 67.6 cm³/mol. The van der Waals surface area contributed by atoms with Crippen molar-refractivity contribution in [1.82, 2.24) is 15.0 Å². The standard InChI is InChI=1S/C13H19N3O2/c1-9(2)8-16-12(10-6-4-3-5-7-10)11(13(17)18)14-15-16/h10H,1,3-8H2,2H3,(H,17,18). The molecule has 18 heavy (non-hydrogen) atoms. The van der Waals surface area contributed by atoms with Crippen LogP contribution < -0.4 is 0 Å². The van der Waals surface area contributed by atoms with Gasteiger partial charge in [-0.3, -0.25) is 0 Å². The lowest BCUT2D eigenvalue weighted by molar-refractivity contribution is 0.0688. The molecule has 2 rings (SSSR count). The Morgan fingerprint density at radius 3 is 2.67 bits per heavy atom. The molecule has 1 N–H and O–H groups in total. The molecular weight excluding hydrogens is 230 g/mol. The number of carbonyl (C=O) groups is 1. The summed E-state index contributed by atoms with van der Waals surface area (Å²) < 4.78 is 1.71. The highest BCUT2D eigenvalue weighted by atomic mass is 16.4. The van der Waals surface area contributed by atoms with Gasteiger partial charge >= 0.3 is 5.97 Å². The van der Waals surface area contributed by atoms with E-state index in [-0.39, 0.29) is 11.6 Å². The van der Waals surface area contributed by atoms with Crippen LogP contribution in [-0.2, 0) is 6.54 Å². The third kappa shape index (κ3) is 2.60. The zero-order valence-electron chi connectivity index (χ0n) is 10.7. The second-order valence-electron chi connectivity index (χ2n) is 5.08. The summed E-state index contributed by atoms with van der Waals surface area (Å²) in [5.41, 5.74) is 1.85. The van der Waals surface area contributed by atoms with Crippen molar-refractivity contribution >= 4 is 5.97 Å². The van der Waals surface area contributed by atoms with Crippen molar-refractivity contribution in [1.29, 1.82) is 0 Å². The summed E-state index contributed by atoms with van der Waals surface area (Å²) in [6.07, 6.45) is 5.61. The Kier molecular flexibility index (Phi) is 3.79. The minimum atomic E-state index is -0.983. The van der Waals surface area contributed by atoms with Crippen LogP contribution in [0.25, 0.3) is 0 Å². The van der Waals surface area contributed by atoms with E-state index >= 15 is 0 Å². The number of carboxylic acid groups (broad SMARTS) is 1. The summed E-state index contributed by atoms with van der Waals surface area (Å²) in [5.74, 6) is -0.706. The van der Waals surface area contributed by atoms with Gasteiger partial charge in [0.1, 0.15) is 0 Å². The fraction of sp³-hybridized carbons (Fsp3) is 0.615. The van der Waals surface area contributed by atoms with E-state index in [1.807, 2.05) is 6.92 Å². The molecule has 0 aromatic carbocycles. The average molecular weight is 249 g/mol. The van der Waals surface area contributed by atoms with Crippen LogP contribution in [0.4, 0.5) is 0 Å². The van der Waals surface area contributed by atoms with Gasteiger partial charge in [0.15, 0.2) is 5.69 Å². The molecule has 98 valence electrons. The highest BCUT2D eigenvalue weighted by Gasteiger charge is 2.27. The van der Waals surface area contributed by atoms with Crippen LogP contribution in [0.2, 0.25) is 0 Å². The monoisotopic (exact) mass is 249 g/mol. The molecular formula is C13H19N3O2. The van der Waals surface area contributed by atoms with Crippen molar-refractivity contribution in [2.24, 2.45) is 0 Å². The molecule has 0 atom stereocenters. The second kappa shape index (κ2) is 5.33. The van der Waals surface area contributed by atoms with Gasteiger partial charge in [-0.05, 0) is 19.8 Å². The lowest BCUT2D eigenvalue weighted by atomic mass is 9.86. The first kappa shape index (κ1) is 12.8. The molecule has 0 radical (unpaired) electrons. The topological polar surface area (TPSA) is 68.0 Å². The van der Waals surface area contributed by atoms with E-state index in [9.17, 15) is 9.90 Å². The quantitative estimate of drug-likeness (QED) is 0.833. The summed E-state index contributed by atoms with van der Waals surface area (Å²) >= 11 is 0. The van der Waals surface area contributed by atoms with Crippen molar-refractivity contribution in [2.45, 2.75) is 51.5 Å². The average Bonchev–Trinajstić information content (AvgIpc) is 2.73. The maximum Gasteiger partial charge on any atom is 0.358 e. The normalized spacial score (nSPS) is 16.7. The number of aromatic nitrogens is 3. The third-order valence-corrected chi connectivity index (χ3v) is 3.39. The first-order chi connectivity index (χ1) is 8.59. The zero-order chi connectivity index (χ0) is 13.1. The number of rotatable bonds is 4. The molecule has 1 saturated carbocycles. The van der Waals surface area contributed by atoms with Crippen molar-refractivity contribution in [3.8, 4) is 0 Å². The van der Waals surface area contributed by atoms with Gasteiger partial charge in [-0.1, -0.05) is 36.6 Å². The Labute approximate surface area is 107 Å². The van der Waals surface area contributed by atoms with Gasteiger partial charge < -0.3 is 5.11 Å². The van der Waals surface area contributed by atoms with E-state index in [0.717, 1.165) is 37.0 Å². The summed E-state index contributed by atoms with van der Waals surface area (Å²) in [5, 5.41) is 17.0. The van der Waals surface area contributed by atoms with Gasteiger partial charge in [-0.25, -0.2) is 9.48 Å². The molecule has 0 bridgehead atoms.